The van der Waals surface area contributed by atoms with Gasteiger partial charge in [0.1, 0.15) is 5.71 Å². The van der Waals surface area contributed by atoms with Crippen molar-refractivity contribution < 1.29 is 4.79 Å². The van der Waals surface area contributed by atoms with Crippen molar-refractivity contribution in [2.24, 2.45) is 15.9 Å². The van der Waals surface area contributed by atoms with Crippen molar-refractivity contribution in [3.63, 3.8) is 0 Å². The average molecular weight is 307 g/mol. The summed E-state index contributed by atoms with van der Waals surface area (Å²) < 4.78 is 0. The number of anilines is 1. The van der Waals surface area contributed by atoms with E-state index in [-0.39, 0.29) is 5.91 Å². The second-order valence-electron chi connectivity index (χ2n) is 5.13. The minimum atomic E-state index is -0.635. The lowest BCUT2D eigenvalue weighted by Crippen LogP contribution is -2.54. The molecule has 1 atom stereocenters. The van der Waals surface area contributed by atoms with Gasteiger partial charge in [-0.25, -0.2) is 10.0 Å². The van der Waals surface area contributed by atoms with E-state index in [1.807, 2.05) is 60.7 Å². The van der Waals surface area contributed by atoms with E-state index in [1.165, 1.54) is 5.01 Å². The van der Waals surface area contributed by atoms with Gasteiger partial charge >= 0.3 is 0 Å². The molecule has 2 aromatic rings. The van der Waals surface area contributed by atoms with Crippen LogP contribution in [0.15, 0.2) is 70.8 Å². The summed E-state index contributed by atoms with van der Waals surface area (Å²) >= 11 is 0. The van der Waals surface area contributed by atoms with Crippen molar-refractivity contribution in [3.05, 3.63) is 66.2 Å². The lowest BCUT2D eigenvalue weighted by Gasteiger charge is -2.32. The topological polar surface area (TPSA) is 83.1 Å². The van der Waals surface area contributed by atoms with E-state index in [4.69, 9.17) is 5.84 Å². The molecule has 0 spiro atoms. The van der Waals surface area contributed by atoms with Gasteiger partial charge in [0, 0.05) is 0 Å². The Morgan fingerprint density at radius 2 is 1.74 bits per heavy atom. The first-order valence-electron chi connectivity index (χ1n) is 7.24. The quantitative estimate of drug-likeness (QED) is 0.517. The third-order valence-corrected chi connectivity index (χ3v) is 3.60. The fraction of sp³-hybridized carbons (Fsp3) is 0.118. The van der Waals surface area contributed by atoms with Crippen LogP contribution in [0.5, 0.6) is 0 Å². The Bertz CT molecular complexity index is 755. The van der Waals surface area contributed by atoms with Crippen LogP contribution >= 0.6 is 0 Å². The number of hydrazine groups is 1. The zero-order valence-corrected chi connectivity index (χ0v) is 12.7. The lowest BCUT2D eigenvalue weighted by molar-refractivity contribution is -0.120. The molecule has 0 bridgehead atoms. The smallest absolute Gasteiger partial charge is 0.275 e. The molecule has 0 saturated heterocycles. The molecular formula is C17H17N5O. The summed E-state index contributed by atoms with van der Waals surface area (Å²) in [5, 5.41) is 5.16. The Kier molecular flexibility index (Phi) is 4.05. The van der Waals surface area contributed by atoms with Crippen molar-refractivity contribution in [3.8, 4) is 0 Å². The number of hydrogen-bond donors (Lipinski definition) is 2. The summed E-state index contributed by atoms with van der Waals surface area (Å²) in [6, 6.07) is 18.1. The number of nitrogens with two attached hydrogens (primary N) is 1. The minimum Gasteiger partial charge on any atom is -0.323 e. The number of carbonyl (C=O) groups excluding carboxylic acids is 1. The number of nitrogens with zero attached hydrogens (tertiary/aromatic N) is 3. The summed E-state index contributed by atoms with van der Waals surface area (Å²) in [5.74, 6) is 5.69. The predicted molar refractivity (Wildman–Crippen MR) is 91.0 cm³/mol. The fourth-order valence-corrected chi connectivity index (χ4v) is 2.35. The van der Waals surface area contributed by atoms with E-state index >= 15 is 0 Å². The van der Waals surface area contributed by atoms with Crippen LogP contribution in [0.1, 0.15) is 18.5 Å². The molecule has 3 N–H and O–H groups in total. The van der Waals surface area contributed by atoms with E-state index in [9.17, 15) is 4.79 Å². The molecule has 23 heavy (non-hydrogen) atoms. The first kappa shape index (κ1) is 14.8. The van der Waals surface area contributed by atoms with Crippen LogP contribution in [0.2, 0.25) is 0 Å². The molecule has 0 aromatic heterocycles. The van der Waals surface area contributed by atoms with Gasteiger partial charge in [-0.05, 0) is 24.6 Å². The van der Waals surface area contributed by atoms with E-state index in [1.54, 1.807) is 6.92 Å². The van der Waals surface area contributed by atoms with Gasteiger partial charge in [-0.15, -0.1) is 0 Å². The van der Waals surface area contributed by atoms with Crippen LogP contribution in [0.25, 0.3) is 0 Å². The normalized spacial score (nSPS) is 18.4. The molecule has 6 heteroatoms. The van der Waals surface area contributed by atoms with Gasteiger partial charge in [0.15, 0.2) is 11.9 Å². The van der Waals surface area contributed by atoms with Crippen LogP contribution < -0.4 is 16.3 Å². The number of nitrogens with one attached hydrogen (secondary N) is 1. The molecule has 116 valence electrons. The summed E-state index contributed by atoms with van der Waals surface area (Å²) in [4.78, 5) is 17.4. The highest BCUT2D eigenvalue weighted by molar-refractivity contribution is 6.42. The number of hydrogen-bond acceptors (Lipinski definition) is 5. The highest BCUT2D eigenvalue weighted by Crippen LogP contribution is 2.25. The number of aliphatic imine (C=N–C) groups is 1. The van der Waals surface area contributed by atoms with E-state index in [0.29, 0.717) is 11.5 Å². The first-order valence-corrected chi connectivity index (χ1v) is 7.24. The third kappa shape index (κ3) is 2.91. The molecule has 6 nitrogen and oxygen atoms in total. The number of hydrazone groups is 1. The number of para-hydroxylation sites is 1. The highest BCUT2D eigenvalue weighted by atomic mass is 16.2. The minimum absolute atomic E-state index is 0.157. The molecule has 0 radical (unpaired) electrons. The lowest BCUT2D eigenvalue weighted by atomic mass is 10.1. The van der Waals surface area contributed by atoms with Gasteiger partial charge in [0.25, 0.3) is 5.91 Å². The van der Waals surface area contributed by atoms with Gasteiger partial charge in [0.05, 0.1) is 5.69 Å². The van der Waals surface area contributed by atoms with Crippen molar-refractivity contribution in [1.82, 2.24) is 5.43 Å². The largest absolute Gasteiger partial charge is 0.323 e. The van der Waals surface area contributed by atoms with Gasteiger partial charge in [0.2, 0.25) is 0 Å². The summed E-state index contributed by atoms with van der Waals surface area (Å²) in [7, 11) is 0. The van der Waals surface area contributed by atoms with E-state index in [2.05, 4.69) is 15.5 Å². The molecule has 1 amide bonds. The second-order valence-corrected chi connectivity index (χ2v) is 5.13. The Morgan fingerprint density at radius 3 is 2.35 bits per heavy atom. The maximum atomic E-state index is 12.9. The Hall–Kier alpha value is -3.15. The molecule has 1 heterocycles. The van der Waals surface area contributed by atoms with Crippen molar-refractivity contribution in [2.75, 3.05) is 5.01 Å². The Morgan fingerprint density at radius 1 is 1.13 bits per heavy atom. The molecule has 0 aliphatic carbocycles. The Labute approximate surface area is 134 Å². The van der Waals surface area contributed by atoms with E-state index in [0.717, 1.165) is 11.3 Å². The van der Waals surface area contributed by atoms with Crippen LogP contribution in [0.3, 0.4) is 0 Å². The van der Waals surface area contributed by atoms with Crippen LogP contribution in [-0.4, -0.2) is 17.5 Å². The SMILES string of the molecule is C/C(=N/N)C1=NC(c2ccccc2)C(=O)N(c2ccccc2)N1. The van der Waals surface area contributed by atoms with Gasteiger partial charge in [-0.2, -0.15) is 5.10 Å². The van der Waals surface area contributed by atoms with Gasteiger partial charge in [-0.1, -0.05) is 48.5 Å². The molecule has 3 rings (SSSR count). The summed E-state index contributed by atoms with van der Waals surface area (Å²) in [5.41, 5.74) is 5.07. The molecule has 2 aromatic carbocycles. The van der Waals surface area contributed by atoms with Crippen molar-refractivity contribution in [2.45, 2.75) is 13.0 Å². The van der Waals surface area contributed by atoms with Crippen LogP contribution in [0, 0.1) is 0 Å². The maximum absolute atomic E-state index is 12.9. The highest BCUT2D eigenvalue weighted by Gasteiger charge is 2.32. The molecule has 1 aliphatic rings. The number of benzene rings is 2. The monoisotopic (exact) mass is 307 g/mol. The summed E-state index contributed by atoms with van der Waals surface area (Å²) in [6.07, 6.45) is 0. The van der Waals surface area contributed by atoms with Crippen molar-refractivity contribution in [1.29, 1.82) is 0 Å². The van der Waals surface area contributed by atoms with Gasteiger partial charge < -0.3 is 5.84 Å². The number of carbonyl (C=O) groups is 1. The number of amidine groups is 1. The third-order valence-electron chi connectivity index (χ3n) is 3.60. The fourth-order valence-electron chi connectivity index (χ4n) is 2.35. The maximum Gasteiger partial charge on any atom is 0.275 e. The molecule has 0 saturated carbocycles. The molecule has 1 unspecified atom stereocenters. The zero-order valence-electron chi connectivity index (χ0n) is 12.7. The zero-order chi connectivity index (χ0) is 16.2. The number of rotatable bonds is 3. The summed E-state index contributed by atoms with van der Waals surface area (Å²) in [6.45, 7) is 1.74. The Balaban J connectivity index is 2.06. The van der Waals surface area contributed by atoms with Crippen LogP contribution in [-0.2, 0) is 4.79 Å². The average Bonchev–Trinajstić information content (AvgIpc) is 2.62. The second kappa shape index (κ2) is 6.31. The molecule has 0 fully saturated rings. The number of amides is 1. The van der Waals surface area contributed by atoms with Crippen LogP contribution in [0.4, 0.5) is 5.69 Å². The van der Waals surface area contributed by atoms with Gasteiger partial charge in [-0.3, -0.25) is 10.2 Å². The molecule has 1 aliphatic heterocycles. The van der Waals surface area contributed by atoms with Crippen molar-refractivity contribution >= 4 is 23.1 Å². The first-order chi connectivity index (χ1) is 11.2. The standard InChI is InChI=1S/C17H17N5O/c1-12(20-18)16-19-15(13-8-4-2-5-9-13)17(23)22(21-16)14-10-6-3-7-11-14/h2-11,15H,18H2,1H3,(H,19,21)/b20-12-. The van der Waals surface area contributed by atoms with E-state index < -0.39 is 6.04 Å². The molecular weight excluding hydrogens is 290 g/mol. The predicted octanol–water partition coefficient (Wildman–Crippen LogP) is 2.01.